The zero-order valence-electron chi connectivity index (χ0n) is 20.9. The smallest absolute Gasteiger partial charge is 0.257 e. The van der Waals surface area contributed by atoms with Crippen LogP contribution >= 0.6 is 11.3 Å². The summed E-state index contributed by atoms with van der Waals surface area (Å²) in [5, 5.41) is 3.40. The Labute approximate surface area is 214 Å². The van der Waals surface area contributed by atoms with Crippen LogP contribution in [0.2, 0.25) is 0 Å². The molecule has 0 spiro atoms. The Balaban J connectivity index is 0.000000434. The maximum atomic E-state index is 12.9. The van der Waals surface area contributed by atoms with Crippen molar-refractivity contribution in [1.29, 1.82) is 0 Å². The number of carbonyl (C=O) groups is 1. The molecule has 2 aromatic carbocycles. The number of nitrogens with one attached hydrogen (secondary N) is 1. The molecule has 0 unspecified atom stereocenters. The highest BCUT2D eigenvalue weighted by molar-refractivity contribution is 7.16. The van der Waals surface area contributed by atoms with Crippen LogP contribution in [0, 0.1) is 0 Å². The largest absolute Gasteiger partial charge is 0.497 e. The van der Waals surface area contributed by atoms with E-state index < -0.39 is 0 Å². The highest BCUT2D eigenvalue weighted by atomic mass is 32.1. The van der Waals surface area contributed by atoms with Gasteiger partial charge in [-0.3, -0.25) is 10.1 Å². The van der Waals surface area contributed by atoms with Gasteiger partial charge in [0, 0.05) is 16.0 Å². The summed E-state index contributed by atoms with van der Waals surface area (Å²) in [6.07, 6.45) is 0.805. The monoisotopic (exact) mass is 504 g/mol. The summed E-state index contributed by atoms with van der Waals surface area (Å²) in [5.74, 6) is 1.72. The van der Waals surface area contributed by atoms with Crippen LogP contribution < -0.4 is 24.3 Å². The van der Waals surface area contributed by atoms with E-state index in [0.717, 1.165) is 28.3 Å². The number of rotatable bonds is 8. The maximum absolute atomic E-state index is 12.9. The average molecular weight is 505 g/mol. The number of methoxy groups -OCH3 is 4. The zero-order chi connectivity index (χ0) is 25.7. The minimum absolute atomic E-state index is 0.313. The molecule has 1 aromatic heterocycles. The number of aryl methyl sites for hydroxylation is 1. The summed E-state index contributed by atoms with van der Waals surface area (Å²) >= 11 is 1.45. The van der Waals surface area contributed by atoms with Gasteiger partial charge in [0.05, 0.1) is 34.1 Å². The number of nitrogens with zero attached hydrogens (tertiary/aromatic N) is 1. The highest BCUT2D eigenvalue weighted by Gasteiger charge is 2.19. The summed E-state index contributed by atoms with van der Waals surface area (Å²) in [5.41, 5.74) is 5.05. The Morgan fingerprint density at radius 3 is 1.92 bits per heavy atom. The number of amides is 1. The molecule has 0 saturated carbocycles. The molecule has 8 heteroatoms. The molecule has 2 aliphatic carbocycles. The quantitative estimate of drug-likeness (QED) is 0.266. The summed E-state index contributed by atoms with van der Waals surface area (Å²) < 4.78 is 21.2. The third-order valence-corrected chi connectivity index (χ3v) is 6.76. The van der Waals surface area contributed by atoms with E-state index in [2.05, 4.69) is 41.5 Å². The van der Waals surface area contributed by atoms with Crippen molar-refractivity contribution in [2.45, 2.75) is 13.3 Å². The molecule has 2 aliphatic rings. The predicted octanol–water partition coefficient (Wildman–Crippen LogP) is 6.33. The van der Waals surface area contributed by atoms with Crippen molar-refractivity contribution < 1.29 is 23.7 Å². The second kappa shape index (κ2) is 11.1. The van der Waals surface area contributed by atoms with Crippen molar-refractivity contribution in [1.82, 2.24) is 4.98 Å². The molecule has 0 atom stereocenters. The van der Waals surface area contributed by atoms with Crippen LogP contribution in [0.25, 0.3) is 22.4 Å². The third kappa shape index (κ3) is 5.44. The second-order valence-corrected chi connectivity index (χ2v) is 8.91. The van der Waals surface area contributed by atoms with Gasteiger partial charge in [-0.2, -0.15) is 0 Å². The van der Waals surface area contributed by atoms with Gasteiger partial charge in [0.15, 0.2) is 16.6 Å². The molecule has 36 heavy (non-hydrogen) atoms. The summed E-state index contributed by atoms with van der Waals surface area (Å²) in [4.78, 5) is 18.6. The molecule has 1 heterocycles. The van der Waals surface area contributed by atoms with Gasteiger partial charge in [-0.1, -0.05) is 25.1 Å². The second-order valence-electron chi connectivity index (χ2n) is 7.82. The summed E-state index contributed by atoms with van der Waals surface area (Å²) in [6, 6.07) is 19.4. The van der Waals surface area contributed by atoms with Gasteiger partial charge in [0.25, 0.3) is 5.91 Å². The topological polar surface area (TPSA) is 78.9 Å². The van der Waals surface area contributed by atoms with E-state index in [9.17, 15) is 4.79 Å². The molecule has 0 radical (unpaired) electrons. The van der Waals surface area contributed by atoms with E-state index in [1.54, 1.807) is 19.2 Å². The molecule has 7 nitrogen and oxygen atoms in total. The third-order valence-electron chi connectivity index (χ3n) is 5.64. The van der Waals surface area contributed by atoms with Gasteiger partial charge in [-0.15, -0.1) is 11.3 Å². The number of anilines is 1. The number of benzene rings is 3. The molecule has 0 aliphatic heterocycles. The first-order chi connectivity index (χ1) is 17.5. The van der Waals surface area contributed by atoms with E-state index in [1.807, 2.05) is 24.3 Å². The summed E-state index contributed by atoms with van der Waals surface area (Å²) in [7, 11) is 6.16. The number of fused-ring (bicyclic) bond motifs is 1. The lowest BCUT2D eigenvalue weighted by atomic mass is 10.1. The lowest BCUT2D eigenvalue weighted by Crippen LogP contribution is -2.12. The van der Waals surface area contributed by atoms with Crippen LogP contribution in [0.3, 0.4) is 0 Å². The number of thiazole rings is 1. The molecule has 5 rings (SSSR count). The van der Waals surface area contributed by atoms with Crippen LogP contribution in [0.1, 0.15) is 22.2 Å². The molecule has 1 amide bonds. The van der Waals surface area contributed by atoms with E-state index in [0.29, 0.717) is 27.9 Å². The number of aromatic nitrogens is 1. The Kier molecular flexibility index (Phi) is 7.75. The van der Waals surface area contributed by atoms with Gasteiger partial charge in [0.1, 0.15) is 5.75 Å². The molecular weight excluding hydrogens is 476 g/mol. The van der Waals surface area contributed by atoms with Crippen molar-refractivity contribution in [3.63, 3.8) is 0 Å². The predicted molar refractivity (Wildman–Crippen MR) is 143 cm³/mol. The first-order valence-corrected chi connectivity index (χ1v) is 12.2. The van der Waals surface area contributed by atoms with Gasteiger partial charge < -0.3 is 18.9 Å². The Morgan fingerprint density at radius 2 is 1.47 bits per heavy atom. The number of carbonyl (C=O) groups excluding carboxylic acids is 1. The van der Waals surface area contributed by atoms with Crippen molar-refractivity contribution in [3.8, 4) is 45.4 Å². The van der Waals surface area contributed by atoms with Crippen molar-refractivity contribution >= 4 is 22.4 Å². The molecule has 186 valence electrons. The summed E-state index contributed by atoms with van der Waals surface area (Å²) in [6.45, 7) is 2.06. The first-order valence-electron chi connectivity index (χ1n) is 11.4. The molecular formula is C28H28N2O5S. The van der Waals surface area contributed by atoms with Crippen molar-refractivity contribution in [2.24, 2.45) is 0 Å². The molecule has 0 bridgehead atoms. The van der Waals surface area contributed by atoms with E-state index in [4.69, 9.17) is 18.9 Å². The highest BCUT2D eigenvalue weighted by Crippen LogP contribution is 2.39. The van der Waals surface area contributed by atoms with E-state index in [1.165, 1.54) is 43.8 Å². The maximum Gasteiger partial charge on any atom is 0.257 e. The molecule has 0 saturated heterocycles. The van der Waals surface area contributed by atoms with Crippen LogP contribution in [0.5, 0.6) is 23.0 Å². The lowest BCUT2D eigenvalue weighted by Gasteiger charge is -2.13. The Bertz CT molecular complexity index is 1320. The Hall–Kier alpha value is -4.04. The Morgan fingerprint density at radius 1 is 0.833 bits per heavy atom. The van der Waals surface area contributed by atoms with Gasteiger partial charge in [-0.25, -0.2) is 4.98 Å². The first kappa shape index (κ1) is 25.1. The van der Waals surface area contributed by atoms with Crippen LogP contribution in [-0.2, 0) is 6.42 Å². The lowest BCUT2D eigenvalue weighted by molar-refractivity contribution is 0.102. The van der Waals surface area contributed by atoms with E-state index in [-0.39, 0.29) is 5.91 Å². The number of hydrogen-bond acceptors (Lipinski definition) is 7. The fraction of sp³-hybridized carbons (Fsp3) is 0.214. The van der Waals surface area contributed by atoms with Gasteiger partial charge in [-0.05, 0) is 60.0 Å². The molecule has 1 N–H and O–H groups in total. The van der Waals surface area contributed by atoms with Crippen LogP contribution in [0.4, 0.5) is 5.13 Å². The fourth-order valence-corrected chi connectivity index (χ4v) is 4.59. The van der Waals surface area contributed by atoms with Crippen LogP contribution in [-0.4, -0.2) is 39.3 Å². The van der Waals surface area contributed by atoms with Crippen LogP contribution in [0.15, 0.2) is 60.7 Å². The molecule has 3 aromatic rings. The van der Waals surface area contributed by atoms with E-state index >= 15 is 0 Å². The van der Waals surface area contributed by atoms with Gasteiger partial charge >= 0.3 is 0 Å². The normalized spacial score (nSPS) is 10.6. The standard InChI is InChI=1S/C22H24N2O5S.C6H4/c1-6-18-19(13-7-9-15(26-2)10-8-13)23-22(30-18)24-21(25)14-11-16(27-3)20(29-5)17(12-14)28-4;1-2-5-4-6(5)3-1/h7-12H,6H2,1-5H3,(H,23,24,25);1-4H. The van der Waals surface area contributed by atoms with Crippen molar-refractivity contribution in [3.05, 3.63) is 71.1 Å². The zero-order valence-corrected chi connectivity index (χ0v) is 21.7. The van der Waals surface area contributed by atoms with Gasteiger partial charge in [0.2, 0.25) is 5.75 Å². The van der Waals surface area contributed by atoms with Crippen molar-refractivity contribution in [2.75, 3.05) is 33.8 Å². The SMILES string of the molecule is CCc1sc(NC(=O)c2cc(OC)c(OC)c(OC)c2)nc1-c1ccc(OC)cc1.c1cc2cc-2c1. The number of hydrogen-bond donors (Lipinski definition) is 1. The minimum atomic E-state index is -0.313. The minimum Gasteiger partial charge on any atom is -0.497 e. The fourth-order valence-electron chi connectivity index (χ4n) is 3.68. The molecule has 0 fully saturated rings. The number of ether oxygens (including phenoxy) is 4. The average Bonchev–Trinajstić information content (AvgIpc) is 3.31.